The number of aliphatic hydroxyl groups is 1. The molecule has 0 spiro atoms. The van der Waals surface area contributed by atoms with Crippen molar-refractivity contribution in [3.63, 3.8) is 0 Å². The highest BCUT2D eigenvalue weighted by molar-refractivity contribution is 6.04. The molecule has 122 valence electrons. The van der Waals surface area contributed by atoms with E-state index in [2.05, 4.69) is 5.32 Å². The molecule has 5 heteroatoms. The van der Waals surface area contributed by atoms with Gasteiger partial charge in [-0.2, -0.15) is 0 Å². The highest BCUT2D eigenvalue weighted by Crippen LogP contribution is 2.20. The molecule has 1 amide bonds. The summed E-state index contributed by atoms with van der Waals surface area (Å²) in [5.41, 5.74) is 8.28. The first-order chi connectivity index (χ1) is 11.1. The molecular formula is C18H22N2O3. The molecule has 2 aromatic carbocycles. The van der Waals surface area contributed by atoms with Crippen LogP contribution < -0.4 is 15.8 Å². The van der Waals surface area contributed by atoms with E-state index in [-0.39, 0.29) is 18.6 Å². The van der Waals surface area contributed by atoms with E-state index in [0.717, 1.165) is 5.56 Å². The number of ether oxygens (including phenoxy) is 1. The molecule has 0 bridgehead atoms. The van der Waals surface area contributed by atoms with Gasteiger partial charge in [0.25, 0.3) is 5.91 Å². The second-order valence-electron chi connectivity index (χ2n) is 5.28. The Morgan fingerprint density at radius 1 is 1.26 bits per heavy atom. The lowest BCUT2D eigenvalue weighted by atomic mass is 10.0. The summed E-state index contributed by atoms with van der Waals surface area (Å²) in [4.78, 5) is 12.3. The van der Waals surface area contributed by atoms with Crippen LogP contribution in [0, 0.1) is 0 Å². The van der Waals surface area contributed by atoms with Gasteiger partial charge >= 0.3 is 0 Å². The maximum absolute atomic E-state index is 12.3. The van der Waals surface area contributed by atoms with Crippen molar-refractivity contribution in [1.29, 1.82) is 0 Å². The van der Waals surface area contributed by atoms with Gasteiger partial charge in [0.15, 0.2) is 0 Å². The van der Waals surface area contributed by atoms with Gasteiger partial charge in [-0.25, -0.2) is 0 Å². The molecule has 2 aromatic rings. The number of amides is 1. The molecule has 0 aliphatic carbocycles. The number of benzene rings is 2. The van der Waals surface area contributed by atoms with Crippen LogP contribution in [0.5, 0.6) is 5.75 Å². The Morgan fingerprint density at radius 3 is 2.65 bits per heavy atom. The molecule has 4 N–H and O–H groups in total. The quantitative estimate of drug-likeness (QED) is 0.733. The second kappa shape index (κ2) is 8.31. The topological polar surface area (TPSA) is 84.6 Å². The number of carbonyl (C=O) groups excluding carboxylic acids is 1. The lowest BCUT2D eigenvalue weighted by Crippen LogP contribution is -2.14. The number of hydrogen-bond acceptors (Lipinski definition) is 4. The van der Waals surface area contributed by atoms with Crippen molar-refractivity contribution < 1.29 is 14.6 Å². The molecule has 0 fully saturated rings. The molecule has 23 heavy (non-hydrogen) atoms. The van der Waals surface area contributed by atoms with Crippen molar-refractivity contribution >= 4 is 11.6 Å². The van der Waals surface area contributed by atoms with Gasteiger partial charge in [-0.15, -0.1) is 0 Å². The molecule has 5 nitrogen and oxygen atoms in total. The van der Waals surface area contributed by atoms with Gasteiger partial charge in [0.05, 0.1) is 7.11 Å². The van der Waals surface area contributed by atoms with Gasteiger partial charge in [-0.05, 0) is 54.8 Å². The third-order valence-corrected chi connectivity index (χ3v) is 3.60. The Hall–Kier alpha value is -2.37. The SMILES string of the molecule is COc1ccc(C(=O)Nc2cccc(C(N)CCCO)c2)cc1. The van der Waals surface area contributed by atoms with Crippen LogP contribution in [-0.2, 0) is 0 Å². The fourth-order valence-electron chi connectivity index (χ4n) is 2.27. The molecule has 2 rings (SSSR count). The second-order valence-corrected chi connectivity index (χ2v) is 5.28. The molecular weight excluding hydrogens is 292 g/mol. The van der Waals surface area contributed by atoms with E-state index in [1.807, 2.05) is 24.3 Å². The van der Waals surface area contributed by atoms with Crippen LogP contribution in [-0.4, -0.2) is 24.7 Å². The normalized spacial score (nSPS) is 11.8. The summed E-state index contributed by atoms with van der Waals surface area (Å²) >= 11 is 0. The van der Waals surface area contributed by atoms with Crippen LogP contribution in [0.2, 0.25) is 0 Å². The third kappa shape index (κ3) is 4.81. The van der Waals surface area contributed by atoms with Crippen LogP contribution in [0.25, 0.3) is 0 Å². The number of aliphatic hydroxyl groups excluding tert-OH is 1. The van der Waals surface area contributed by atoms with E-state index < -0.39 is 0 Å². The monoisotopic (exact) mass is 314 g/mol. The van der Waals surface area contributed by atoms with Crippen molar-refractivity contribution in [2.45, 2.75) is 18.9 Å². The lowest BCUT2D eigenvalue weighted by molar-refractivity contribution is 0.102. The van der Waals surface area contributed by atoms with Crippen LogP contribution in [0.3, 0.4) is 0 Å². The fourth-order valence-corrected chi connectivity index (χ4v) is 2.27. The molecule has 0 aromatic heterocycles. The number of rotatable bonds is 7. The van der Waals surface area contributed by atoms with Gasteiger partial charge in [0.1, 0.15) is 5.75 Å². The summed E-state index contributed by atoms with van der Waals surface area (Å²) in [7, 11) is 1.58. The summed E-state index contributed by atoms with van der Waals surface area (Å²) in [6.45, 7) is 0.127. The molecule has 1 atom stereocenters. The average Bonchev–Trinajstić information content (AvgIpc) is 2.60. The number of methoxy groups -OCH3 is 1. The van der Waals surface area contributed by atoms with E-state index in [4.69, 9.17) is 15.6 Å². The Kier molecular flexibility index (Phi) is 6.14. The third-order valence-electron chi connectivity index (χ3n) is 3.60. The number of anilines is 1. The Morgan fingerprint density at radius 2 is 2.00 bits per heavy atom. The van der Waals surface area contributed by atoms with Crippen molar-refractivity contribution in [1.82, 2.24) is 0 Å². The predicted octanol–water partition coefficient (Wildman–Crippen LogP) is 2.72. The van der Waals surface area contributed by atoms with Crippen LogP contribution in [0.4, 0.5) is 5.69 Å². The highest BCUT2D eigenvalue weighted by atomic mass is 16.5. The van der Waals surface area contributed by atoms with Crippen molar-refractivity contribution in [3.8, 4) is 5.75 Å². The minimum absolute atomic E-state index is 0.127. The smallest absolute Gasteiger partial charge is 0.255 e. The Balaban J connectivity index is 2.05. The summed E-state index contributed by atoms with van der Waals surface area (Å²) in [5, 5.41) is 11.7. The zero-order valence-corrected chi connectivity index (χ0v) is 13.2. The first-order valence-corrected chi connectivity index (χ1v) is 7.56. The minimum atomic E-state index is -0.186. The first-order valence-electron chi connectivity index (χ1n) is 7.56. The largest absolute Gasteiger partial charge is 0.497 e. The molecule has 0 saturated heterocycles. The molecule has 1 unspecified atom stereocenters. The summed E-state index contributed by atoms with van der Waals surface area (Å²) in [5.74, 6) is 0.520. The minimum Gasteiger partial charge on any atom is -0.497 e. The van der Waals surface area contributed by atoms with Crippen molar-refractivity contribution in [3.05, 3.63) is 59.7 Å². The van der Waals surface area contributed by atoms with Gasteiger partial charge in [0, 0.05) is 23.9 Å². The summed E-state index contributed by atoms with van der Waals surface area (Å²) < 4.78 is 5.08. The zero-order valence-electron chi connectivity index (χ0n) is 13.2. The summed E-state index contributed by atoms with van der Waals surface area (Å²) in [6.07, 6.45) is 1.36. The first kappa shape index (κ1) is 17.0. The van der Waals surface area contributed by atoms with Crippen molar-refractivity contribution in [2.24, 2.45) is 5.73 Å². The molecule has 0 heterocycles. The number of carbonyl (C=O) groups is 1. The van der Waals surface area contributed by atoms with Crippen LogP contribution >= 0.6 is 0 Å². The van der Waals surface area contributed by atoms with E-state index >= 15 is 0 Å². The standard InChI is InChI=1S/C18H22N2O3/c1-23-16-9-7-13(8-10-16)18(22)20-15-5-2-4-14(12-15)17(19)6-3-11-21/h2,4-5,7-10,12,17,21H,3,6,11,19H2,1H3,(H,20,22). The van der Waals surface area contributed by atoms with Gasteiger partial charge in [-0.3, -0.25) is 4.79 Å². The maximum atomic E-state index is 12.3. The number of nitrogens with two attached hydrogens (primary N) is 1. The molecule has 0 aliphatic heterocycles. The molecule has 0 aliphatic rings. The van der Waals surface area contributed by atoms with E-state index in [9.17, 15) is 4.79 Å². The number of nitrogens with one attached hydrogen (secondary N) is 1. The summed E-state index contributed by atoms with van der Waals surface area (Å²) in [6, 6.07) is 14.2. The van der Waals surface area contributed by atoms with Crippen LogP contribution in [0.15, 0.2) is 48.5 Å². The van der Waals surface area contributed by atoms with Gasteiger partial charge in [-0.1, -0.05) is 12.1 Å². The Bertz CT molecular complexity index is 641. The number of hydrogen-bond donors (Lipinski definition) is 3. The van der Waals surface area contributed by atoms with Gasteiger partial charge < -0.3 is 20.9 Å². The predicted molar refractivity (Wildman–Crippen MR) is 90.6 cm³/mol. The van der Waals surface area contributed by atoms with Gasteiger partial charge in [0.2, 0.25) is 0 Å². The molecule has 0 radical (unpaired) electrons. The Labute approximate surface area is 136 Å². The average molecular weight is 314 g/mol. The fraction of sp³-hybridized carbons (Fsp3) is 0.278. The highest BCUT2D eigenvalue weighted by Gasteiger charge is 2.09. The zero-order chi connectivity index (χ0) is 16.7. The van der Waals surface area contributed by atoms with E-state index in [1.54, 1.807) is 31.4 Å². The maximum Gasteiger partial charge on any atom is 0.255 e. The lowest BCUT2D eigenvalue weighted by Gasteiger charge is -2.13. The van der Waals surface area contributed by atoms with E-state index in [0.29, 0.717) is 29.8 Å². The molecule has 0 saturated carbocycles. The van der Waals surface area contributed by atoms with Crippen LogP contribution in [0.1, 0.15) is 34.8 Å². The van der Waals surface area contributed by atoms with E-state index in [1.165, 1.54) is 0 Å². The van der Waals surface area contributed by atoms with Crippen molar-refractivity contribution in [2.75, 3.05) is 19.0 Å².